The predicted octanol–water partition coefficient (Wildman–Crippen LogP) is 3.28. The second-order valence-corrected chi connectivity index (χ2v) is 7.91. The molecule has 1 aliphatic carbocycles. The van der Waals surface area contributed by atoms with Crippen LogP contribution in [0.4, 0.5) is 0 Å². The molecule has 1 heterocycles. The van der Waals surface area contributed by atoms with Crippen LogP contribution in [-0.2, 0) is 0 Å². The molecule has 0 amide bonds. The number of likely N-dealkylation sites (tertiary alicyclic amines) is 1. The van der Waals surface area contributed by atoms with Gasteiger partial charge in [-0.1, -0.05) is 34.6 Å². The van der Waals surface area contributed by atoms with Gasteiger partial charge in [0.05, 0.1) is 0 Å². The van der Waals surface area contributed by atoms with E-state index in [0.717, 1.165) is 6.04 Å². The van der Waals surface area contributed by atoms with Crippen molar-refractivity contribution in [3.05, 3.63) is 0 Å². The van der Waals surface area contributed by atoms with E-state index < -0.39 is 0 Å². The van der Waals surface area contributed by atoms with Gasteiger partial charge in [0.1, 0.15) is 0 Å². The first kappa shape index (κ1) is 14.3. The first-order chi connectivity index (χ1) is 8.36. The van der Waals surface area contributed by atoms with Gasteiger partial charge in [-0.3, -0.25) is 4.90 Å². The first-order valence-corrected chi connectivity index (χ1v) is 7.83. The SMILES string of the molecule is CCCNC1C(N2CCC(C)(C)C2)CCC1(C)C. The highest BCUT2D eigenvalue weighted by atomic mass is 15.2. The highest BCUT2D eigenvalue weighted by Crippen LogP contribution is 2.42. The Labute approximate surface area is 114 Å². The van der Waals surface area contributed by atoms with E-state index in [2.05, 4.69) is 44.8 Å². The van der Waals surface area contributed by atoms with Gasteiger partial charge in [0.2, 0.25) is 0 Å². The number of hydrogen-bond acceptors (Lipinski definition) is 2. The molecule has 1 saturated carbocycles. The molecule has 0 radical (unpaired) electrons. The fourth-order valence-electron chi connectivity index (χ4n) is 3.91. The first-order valence-electron chi connectivity index (χ1n) is 7.83. The normalized spacial score (nSPS) is 35.2. The molecule has 0 aromatic carbocycles. The highest BCUT2D eigenvalue weighted by molar-refractivity contribution is 5.03. The van der Waals surface area contributed by atoms with Gasteiger partial charge in [-0.15, -0.1) is 0 Å². The molecule has 2 nitrogen and oxygen atoms in total. The Kier molecular flexibility index (Phi) is 4.08. The van der Waals surface area contributed by atoms with Gasteiger partial charge in [-0.05, 0) is 49.6 Å². The average molecular weight is 252 g/mol. The van der Waals surface area contributed by atoms with Gasteiger partial charge >= 0.3 is 0 Å². The van der Waals surface area contributed by atoms with Crippen LogP contribution < -0.4 is 5.32 Å². The molecule has 106 valence electrons. The third kappa shape index (κ3) is 2.91. The largest absolute Gasteiger partial charge is 0.312 e. The summed E-state index contributed by atoms with van der Waals surface area (Å²) in [7, 11) is 0. The van der Waals surface area contributed by atoms with Crippen molar-refractivity contribution >= 4 is 0 Å². The topological polar surface area (TPSA) is 15.3 Å². The monoisotopic (exact) mass is 252 g/mol. The Bertz CT molecular complexity index is 283. The third-order valence-electron chi connectivity index (χ3n) is 5.10. The van der Waals surface area contributed by atoms with Crippen molar-refractivity contribution in [1.29, 1.82) is 0 Å². The lowest BCUT2D eigenvalue weighted by Gasteiger charge is -2.36. The van der Waals surface area contributed by atoms with Crippen molar-refractivity contribution in [2.45, 2.75) is 72.4 Å². The van der Waals surface area contributed by atoms with Crippen molar-refractivity contribution in [3.63, 3.8) is 0 Å². The van der Waals surface area contributed by atoms with Crippen molar-refractivity contribution in [2.75, 3.05) is 19.6 Å². The summed E-state index contributed by atoms with van der Waals surface area (Å²) in [6.07, 6.45) is 5.36. The summed E-state index contributed by atoms with van der Waals surface area (Å²) in [6.45, 7) is 15.8. The lowest BCUT2D eigenvalue weighted by Crippen LogP contribution is -2.51. The summed E-state index contributed by atoms with van der Waals surface area (Å²) in [5.74, 6) is 0. The van der Waals surface area contributed by atoms with Crippen molar-refractivity contribution in [2.24, 2.45) is 10.8 Å². The number of nitrogens with zero attached hydrogens (tertiary/aromatic N) is 1. The Morgan fingerprint density at radius 1 is 1.17 bits per heavy atom. The van der Waals surface area contributed by atoms with Gasteiger partial charge in [-0.25, -0.2) is 0 Å². The van der Waals surface area contributed by atoms with Gasteiger partial charge in [0.25, 0.3) is 0 Å². The van der Waals surface area contributed by atoms with Crippen molar-refractivity contribution < 1.29 is 0 Å². The molecular weight excluding hydrogens is 220 g/mol. The zero-order valence-corrected chi connectivity index (χ0v) is 13.1. The molecule has 1 aliphatic heterocycles. The number of hydrogen-bond donors (Lipinski definition) is 1. The minimum absolute atomic E-state index is 0.465. The van der Waals surface area contributed by atoms with E-state index in [-0.39, 0.29) is 0 Å². The standard InChI is InChI=1S/C16H32N2/c1-6-10-17-14-13(7-8-16(14,4)5)18-11-9-15(2,3)12-18/h13-14,17H,6-12H2,1-5H3. The molecular formula is C16H32N2. The summed E-state index contributed by atoms with van der Waals surface area (Å²) in [4.78, 5) is 2.77. The predicted molar refractivity (Wildman–Crippen MR) is 78.9 cm³/mol. The Morgan fingerprint density at radius 2 is 1.89 bits per heavy atom. The maximum Gasteiger partial charge on any atom is 0.0274 e. The molecule has 0 aromatic rings. The van der Waals surface area contributed by atoms with E-state index in [1.165, 1.54) is 45.3 Å². The zero-order chi connectivity index (χ0) is 13.4. The van der Waals surface area contributed by atoms with Crippen LogP contribution in [0.3, 0.4) is 0 Å². The second kappa shape index (κ2) is 5.13. The Morgan fingerprint density at radius 3 is 2.44 bits per heavy atom. The maximum absolute atomic E-state index is 3.83. The fourth-order valence-corrected chi connectivity index (χ4v) is 3.91. The van der Waals surface area contributed by atoms with Gasteiger partial charge in [-0.2, -0.15) is 0 Å². The van der Waals surface area contributed by atoms with Crippen LogP contribution in [-0.4, -0.2) is 36.6 Å². The van der Waals surface area contributed by atoms with Gasteiger partial charge in [0, 0.05) is 18.6 Å². The molecule has 18 heavy (non-hydrogen) atoms. The molecule has 0 spiro atoms. The summed E-state index contributed by atoms with van der Waals surface area (Å²) >= 11 is 0. The van der Waals surface area contributed by atoms with Crippen LogP contribution >= 0.6 is 0 Å². The van der Waals surface area contributed by atoms with E-state index in [1.807, 2.05) is 0 Å². The van der Waals surface area contributed by atoms with Crippen LogP contribution in [0.15, 0.2) is 0 Å². The van der Waals surface area contributed by atoms with Crippen LogP contribution in [0.25, 0.3) is 0 Å². The van der Waals surface area contributed by atoms with Gasteiger partial charge in [0.15, 0.2) is 0 Å². The molecule has 0 aromatic heterocycles. The van der Waals surface area contributed by atoms with Gasteiger partial charge < -0.3 is 5.32 Å². The number of rotatable bonds is 4. The molecule has 0 bridgehead atoms. The highest BCUT2D eigenvalue weighted by Gasteiger charge is 2.46. The molecule has 2 unspecified atom stereocenters. The third-order valence-corrected chi connectivity index (χ3v) is 5.10. The molecule has 2 heteroatoms. The Hall–Kier alpha value is -0.0800. The van der Waals surface area contributed by atoms with Crippen molar-refractivity contribution in [3.8, 4) is 0 Å². The van der Waals surface area contributed by atoms with E-state index in [4.69, 9.17) is 0 Å². The maximum atomic E-state index is 3.83. The molecule has 2 aliphatic rings. The van der Waals surface area contributed by atoms with E-state index in [9.17, 15) is 0 Å². The summed E-state index contributed by atoms with van der Waals surface area (Å²) in [5, 5.41) is 3.83. The Balaban J connectivity index is 2.03. The summed E-state index contributed by atoms with van der Waals surface area (Å²) < 4.78 is 0. The van der Waals surface area contributed by atoms with E-state index in [0.29, 0.717) is 16.9 Å². The van der Waals surface area contributed by atoms with Crippen molar-refractivity contribution in [1.82, 2.24) is 10.2 Å². The van der Waals surface area contributed by atoms with E-state index in [1.54, 1.807) is 0 Å². The number of nitrogens with one attached hydrogen (secondary N) is 1. The fraction of sp³-hybridized carbons (Fsp3) is 1.00. The molecule has 2 rings (SSSR count). The summed E-state index contributed by atoms with van der Waals surface area (Å²) in [6, 6.07) is 1.46. The quantitative estimate of drug-likeness (QED) is 0.826. The minimum atomic E-state index is 0.465. The van der Waals surface area contributed by atoms with Crippen LogP contribution in [0, 0.1) is 10.8 Å². The lowest BCUT2D eigenvalue weighted by molar-refractivity contribution is 0.158. The van der Waals surface area contributed by atoms with Crippen LogP contribution in [0.5, 0.6) is 0 Å². The molecule has 2 atom stereocenters. The lowest BCUT2D eigenvalue weighted by atomic mass is 9.86. The summed E-state index contributed by atoms with van der Waals surface area (Å²) in [5.41, 5.74) is 0.995. The minimum Gasteiger partial charge on any atom is -0.312 e. The van der Waals surface area contributed by atoms with Crippen LogP contribution in [0.1, 0.15) is 60.3 Å². The van der Waals surface area contributed by atoms with Crippen LogP contribution in [0.2, 0.25) is 0 Å². The molecule has 1 saturated heterocycles. The molecule has 2 fully saturated rings. The zero-order valence-electron chi connectivity index (χ0n) is 13.1. The van der Waals surface area contributed by atoms with E-state index >= 15 is 0 Å². The second-order valence-electron chi connectivity index (χ2n) is 7.91. The smallest absolute Gasteiger partial charge is 0.0274 e. The average Bonchev–Trinajstić information content (AvgIpc) is 2.76. The molecule has 1 N–H and O–H groups in total.